The predicted octanol–water partition coefficient (Wildman–Crippen LogP) is 0.901. The van der Waals surface area contributed by atoms with Crippen molar-refractivity contribution in [3.63, 3.8) is 0 Å². The van der Waals surface area contributed by atoms with Gasteiger partial charge in [-0.15, -0.1) is 0 Å². The van der Waals surface area contributed by atoms with Crippen molar-refractivity contribution in [3.8, 4) is 0 Å². The molecule has 0 heterocycles. The maximum atomic E-state index is 9.33. The monoisotopic (exact) mass is 242 g/mol. The lowest BCUT2D eigenvalue weighted by molar-refractivity contribution is -0.0730. The van der Waals surface area contributed by atoms with E-state index in [1.54, 1.807) is 0 Å². The third-order valence-electron chi connectivity index (χ3n) is 4.82. The van der Waals surface area contributed by atoms with E-state index in [-0.39, 0.29) is 17.7 Å². The minimum absolute atomic E-state index is 0.0326. The molecule has 0 aromatic carbocycles. The lowest BCUT2D eigenvalue weighted by Crippen LogP contribution is -2.54. The Morgan fingerprint density at radius 1 is 1.06 bits per heavy atom. The van der Waals surface area contributed by atoms with Crippen LogP contribution in [0.2, 0.25) is 0 Å². The normalized spacial score (nSPS) is 25.1. The van der Waals surface area contributed by atoms with Gasteiger partial charge < -0.3 is 14.7 Å². The Bertz CT molecular complexity index is 260. The molecule has 100 valence electrons. The van der Waals surface area contributed by atoms with Gasteiger partial charge in [-0.05, 0) is 53.2 Å². The number of rotatable bonds is 7. The van der Waals surface area contributed by atoms with Crippen LogP contribution in [0.25, 0.3) is 0 Å². The van der Waals surface area contributed by atoms with Gasteiger partial charge in [0, 0.05) is 11.1 Å². The number of ether oxygens (including phenoxy) is 1. The zero-order chi connectivity index (χ0) is 12.5. The average Bonchev–Trinajstić information content (AvgIpc) is 3.01. The topological polar surface area (TPSA) is 35.9 Å². The van der Waals surface area contributed by atoms with Crippen LogP contribution >= 0.6 is 0 Å². The zero-order valence-electron chi connectivity index (χ0n) is 11.4. The summed E-state index contributed by atoms with van der Waals surface area (Å²) in [6.45, 7) is 1.70. The Kier molecular flexibility index (Phi) is 3.78. The molecule has 4 heteroatoms. The molecular weight excluding hydrogens is 216 g/mol. The van der Waals surface area contributed by atoms with E-state index in [1.807, 2.05) is 7.05 Å². The molecule has 17 heavy (non-hydrogen) atoms. The first-order valence-corrected chi connectivity index (χ1v) is 6.62. The summed E-state index contributed by atoms with van der Waals surface area (Å²) in [6, 6.07) is 0. The van der Waals surface area contributed by atoms with E-state index in [9.17, 15) is 5.11 Å². The van der Waals surface area contributed by atoms with Gasteiger partial charge in [0.25, 0.3) is 0 Å². The summed E-state index contributed by atoms with van der Waals surface area (Å²) >= 11 is 0. The van der Waals surface area contributed by atoms with E-state index >= 15 is 0 Å². The number of likely N-dealkylation sites (N-methyl/N-ethyl adjacent to an activating group) is 2. The molecule has 0 aromatic rings. The molecule has 0 amide bonds. The molecule has 2 aliphatic carbocycles. The fourth-order valence-corrected chi connectivity index (χ4v) is 2.62. The molecule has 0 saturated heterocycles. The van der Waals surface area contributed by atoms with E-state index in [1.165, 1.54) is 19.3 Å². The van der Waals surface area contributed by atoms with Crippen molar-refractivity contribution in [2.45, 2.75) is 43.2 Å². The molecule has 0 unspecified atom stereocenters. The molecule has 2 aliphatic rings. The standard InChI is InChI=1S/C13H26N2O2/c1-14(2)13(5-4-6-13)10-17-11-15(3)12(9-16)7-8-12/h16H,4-11H2,1-3H3. The summed E-state index contributed by atoms with van der Waals surface area (Å²) in [5.74, 6) is 0. The molecule has 0 aliphatic heterocycles. The van der Waals surface area contributed by atoms with Crippen LogP contribution in [-0.4, -0.2) is 67.1 Å². The molecule has 0 radical (unpaired) electrons. The SMILES string of the molecule is CN(C)C1(COCN(C)C2(CO)CC2)CCC1. The lowest BCUT2D eigenvalue weighted by atomic mass is 9.76. The van der Waals surface area contributed by atoms with E-state index < -0.39 is 0 Å². The summed E-state index contributed by atoms with van der Waals surface area (Å²) in [7, 11) is 6.33. The Morgan fingerprint density at radius 3 is 2.06 bits per heavy atom. The second kappa shape index (κ2) is 4.84. The molecular formula is C13H26N2O2. The second-order valence-corrected chi connectivity index (χ2v) is 6.03. The van der Waals surface area contributed by atoms with Gasteiger partial charge in [-0.3, -0.25) is 4.90 Å². The fourth-order valence-electron chi connectivity index (χ4n) is 2.62. The average molecular weight is 242 g/mol. The Balaban J connectivity index is 1.72. The third-order valence-corrected chi connectivity index (χ3v) is 4.82. The first-order valence-electron chi connectivity index (χ1n) is 6.62. The number of nitrogens with zero attached hydrogens (tertiary/aromatic N) is 2. The Hall–Kier alpha value is -0.160. The van der Waals surface area contributed by atoms with Crippen LogP contribution < -0.4 is 0 Å². The minimum atomic E-state index is 0.0326. The van der Waals surface area contributed by atoms with Crippen molar-refractivity contribution >= 4 is 0 Å². The molecule has 0 spiro atoms. The predicted molar refractivity (Wildman–Crippen MR) is 67.9 cm³/mol. The van der Waals surface area contributed by atoms with Crippen LogP contribution in [0.3, 0.4) is 0 Å². The Labute approximate surface area is 105 Å². The van der Waals surface area contributed by atoms with E-state index in [2.05, 4.69) is 23.9 Å². The summed E-state index contributed by atoms with van der Waals surface area (Å²) in [5.41, 5.74) is 0.307. The van der Waals surface area contributed by atoms with Crippen LogP contribution in [0, 0.1) is 0 Å². The number of hydrogen-bond acceptors (Lipinski definition) is 4. The fraction of sp³-hybridized carbons (Fsp3) is 1.00. The maximum absolute atomic E-state index is 9.33. The van der Waals surface area contributed by atoms with Crippen molar-refractivity contribution in [1.29, 1.82) is 0 Å². The summed E-state index contributed by atoms with van der Waals surface area (Å²) in [5, 5.41) is 9.33. The maximum Gasteiger partial charge on any atom is 0.0993 e. The van der Waals surface area contributed by atoms with Crippen molar-refractivity contribution in [1.82, 2.24) is 9.80 Å². The van der Waals surface area contributed by atoms with Gasteiger partial charge >= 0.3 is 0 Å². The number of aliphatic hydroxyl groups excluding tert-OH is 1. The first-order chi connectivity index (χ1) is 8.05. The van der Waals surface area contributed by atoms with Gasteiger partial charge in [-0.25, -0.2) is 0 Å². The van der Waals surface area contributed by atoms with Gasteiger partial charge in [-0.2, -0.15) is 0 Å². The lowest BCUT2D eigenvalue weighted by Gasteiger charge is -2.47. The van der Waals surface area contributed by atoms with Gasteiger partial charge in [0.05, 0.1) is 19.9 Å². The van der Waals surface area contributed by atoms with E-state index in [0.717, 1.165) is 19.4 Å². The Morgan fingerprint density at radius 2 is 1.71 bits per heavy atom. The number of hydrogen-bond donors (Lipinski definition) is 1. The highest BCUT2D eigenvalue weighted by molar-refractivity contribution is 5.02. The highest BCUT2D eigenvalue weighted by Crippen LogP contribution is 2.40. The van der Waals surface area contributed by atoms with Crippen molar-refractivity contribution in [3.05, 3.63) is 0 Å². The van der Waals surface area contributed by atoms with Crippen molar-refractivity contribution in [2.24, 2.45) is 0 Å². The molecule has 2 fully saturated rings. The molecule has 4 nitrogen and oxygen atoms in total. The zero-order valence-corrected chi connectivity index (χ0v) is 11.4. The van der Waals surface area contributed by atoms with Crippen molar-refractivity contribution in [2.75, 3.05) is 41.1 Å². The molecule has 2 saturated carbocycles. The smallest absolute Gasteiger partial charge is 0.0993 e. The number of aliphatic hydroxyl groups is 1. The molecule has 0 bridgehead atoms. The highest BCUT2D eigenvalue weighted by Gasteiger charge is 2.46. The van der Waals surface area contributed by atoms with Gasteiger partial charge in [0.15, 0.2) is 0 Å². The first kappa shape index (κ1) is 13.3. The van der Waals surface area contributed by atoms with Gasteiger partial charge in [0.2, 0.25) is 0 Å². The van der Waals surface area contributed by atoms with Crippen LogP contribution in [0.1, 0.15) is 32.1 Å². The summed E-state index contributed by atoms with van der Waals surface area (Å²) in [4.78, 5) is 4.46. The molecule has 0 atom stereocenters. The van der Waals surface area contributed by atoms with E-state index in [4.69, 9.17) is 4.74 Å². The van der Waals surface area contributed by atoms with Gasteiger partial charge in [0.1, 0.15) is 0 Å². The highest BCUT2D eigenvalue weighted by atomic mass is 16.5. The van der Waals surface area contributed by atoms with Crippen LogP contribution in [0.15, 0.2) is 0 Å². The largest absolute Gasteiger partial charge is 0.394 e. The third kappa shape index (κ3) is 2.50. The van der Waals surface area contributed by atoms with Crippen LogP contribution in [-0.2, 0) is 4.74 Å². The van der Waals surface area contributed by atoms with Crippen molar-refractivity contribution < 1.29 is 9.84 Å². The second-order valence-electron chi connectivity index (χ2n) is 6.03. The molecule has 2 rings (SSSR count). The summed E-state index contributed by atoms with van der Waals surface area (Å²) < 4.78 is 5.87. The quantitative estimate of drug-likeness (QED) is 0.673. The van der Waals surface area contributed by atoms with Gasteiger partial charge in [-0.1, -0.05) is 0 Å². The minimum Gasteiger partial charge on any atom is -0.394 e. The molecule has 1 N–H and O–H groups in total. The molecule has 0 aromatic heterocycles. The van der Waals surface area contributed by atoms with Crippen LogP contribution in [0.5, 0.6) is 0 Å². The van der Waals surface area contributed by atoms with E-state index in [0.29, 0.717) is 6.73 Å². The van der Waals surface area contributed by atoms with Crippen LogP contribution in [0.4, 0.5) is 0 Å². The summed E-state index contributed by atoms with van der Waals surface area (Å²) in [6.07, 6.45) is 6.01.